The average Bonchev–Trinajstić information content (AvgIpc) is 2.44. The molecule has 130 valence electrons. The summed E-state index contributed by atoms with van der Waals surface area (Å²) in [5.74, 6) is 1.82. The molecule has 1 atom stereocenters. The second kappa shape index (κ2) is 8.34. The Balaban J connectivity index is 2.61. The van der Waals surface area contributed by atoms with E-state index in [4.69, 9.17) is 4.74 Å². The molecular formula is C18H29NO2S2. The van der Waals surface area contributed by atoms with E-state index in [1.54, 1.807) is 7.11 Å². The van der Waals surface area contributed by atoms with Crippen LogP contribution in [0.5, 0.6) is 5.75 Å². The van der Waals surface area contributed by atoms with Gasteiger partial charge in [0.05, 0.1) is 11.9 Å². The predicted molar refractivity (Wildman–Crippen MR) is 104 cm³/mol. The van der Waals surface area contributed by atoms with Gasteiger partial charge in [0.2, 0.25) is 0 Å². The zero-order valence-electron chi connectivity index (χ0n) is 15.3. The van der Waals surface area contributed by atoms with Crippen LogP contribution in [0.2, 0.25) is 0 Å². The Morgan fingerprint density at radius 2 is 1.74 bits per heavy atom. The third-order valence-electron chi connectivity index (χ3n) is 3.23. The quantitative estimate of drug-likeness (QED) is 0.645. The van der Waals surface area contributed by atoms with Gasteiger partial charge in [-0.25, -0.2) is 4.21 Å². The number of benzene rings is 1. The van der Waals surface area contributed by atoms with E-state index in [1.807, 2.05) is 51.6 Å². The van der Waals surface area contributed by atoms with Gasteiger partial charge in [-0.1, -0.05) is 26.0 Å². The van der Waals surface area contributed by atoms with Crippen LogP contribution < -0.4 is 4.74 Å². The molecule has 1 aromatic carbocycles. The maximum absolute atomic E-state index is 12.1. The molecule has 1 aromatic rings. The molecule has 5 heteroatoms. The molecule has 0 radical (unpaired) electrons. The molecule has 0 aliphatic rings. The van der Waals surface area contributed by atoms with Crippen molar-refractivity contribution >= 4 is 28.5 Å². The van der Waals surface area contributed by atoms with Gasteiger partial charge in [-0.2, -0.15) is 16.2 Å². The number of rotatable bonds is 7. The van der Waals surface area contributed by atoms with Gasteiger partial charge in [0.1, 0.15) is 16.7 Å². The van der Waals surface area contributed by atoms with E-state index in [0.717, 1.165) is 23.6 Å². The number of nitrogens with zero attached hydrogens (tertiary/aromatic N) is 1. The SMILES string of the molecule is COc1ccc(CSC(C)(C)CC(C)=NS(=O)C(C)(C)C)cc1. The predicted octanol–water partition coefficient (Wildman–Crippen LogP) is 5.02. The summed E-state index contributed by atoms with van der Waals surface area (Å²) in [5.41, 5.74) is 2.22. The highest BCUT2D eigenvalue weighted by Gasteiger charge is 2.23. The average molecular weight is 356 g/mol. The smallest absolute Gasteiger partial charge is 0.144 e. The lowest BCUT2D eigenvalue weighted by Crippen LogP contribution is -2.23. The Hall–Kier alpha value is -0.810. The Morgan fingerprint density at radius 1 is 1.17 bits per heavy atom. The largest absolute Gasteiger partial charge is 0.497 e. The fourth-order valence-corrected chi connectivity index (χ4v) is 3.66. The summed E-state index contributed by atoms with van der Waals surface area (Å²) < 4.78 is 21.4. The van der Waals surface area contributed by atoms with Crippen LogP contribution in [0.3, 0.4) is 0 Å². The molecule has 0 aliphatic heterocycles. The molecule has 0 spiro atoms. The summed E-state index contributed by atoms with van der Waals surface area (Å²) in [7, 11) is 0.496. The van der Waals surface area contributed by atoms with E-state index in [2.05, 4.69) is 30.4 Å². The van der Waals surface area contributed by atoms with Gasteiger partial charge in [-0.15, -0.1) is 0 Å². The van der Waals surface area contributed by atoms with Gasteiger partial charge >= 0.3 is 0 Å². The van der Waals surface area contributed by atoms with Crippen LogP contribution in [0.25, 0.3) is 0 Å². The normalized spacial score (nSPS) is 14.7. The number of hydrogen-bond donors (Lipinski definition) is 0. The number of thioether (sulfide) groups is 1. The van der Waals surface area contributed by atoms with Gasteiger partial charge in [-0.05, 0) is 45.4 Å². The zero-order valence-corrected chi connectivity index (χ0v) is 16.9. The van der Waals surface area contributed by atoms with Gasteiger partial charge in [0.25, 0.3) is 0 Å². The van der Waals surface area contributed by atoms with Crippen molar-refractivity contribution in [3.8, 4) is 5.75 Å². The van der Waals surface area contributed by atoms with Crippen molar-refractivity contribution in [2.45, 2.75) is 63.2 Å². The molecule has 0 saturated heterocycles. The van der Waals surface area contributed by atoms with Crippen molar-refractivity contribution in [2.24, 2.45) is 4.40 Å². The molecule has 0 fully saturated rings. The maximum Gasteiger partial charge on any atom is 0.144 e. The molecule has 3 nitrogen and oxygen atoms in total. The lowest BCUT2D eigenvalue weighted by molar-refractivity contribution is 0.414. The summed E-state index contributed by atoms with van der Waals surface area (Å²) >= 11 is 1.89. The van der Waals surface area contributed by atoms with Crippen LogP contribution in [0.4, 0.5) is 0 Å². The van der Waals surface area contributed by atoms with Gasteiger partial charge in [-0.3, -0.25) is 0 Å². The lowest BCUT2D eigenvalue weighted by atomic mass is 10.1. The number of ether oxygens (including phenoxy) is 1. The van der Waals surface area contributed by atoms with Crippen molar-refractivity contribution < 1.29 is 8.95 Å². The van der Waals surface area contributed by atoms with Crippen molar-refractivity contribution in [3.63, 3.8) is 0 Å². The molecule has 0 amide bonds. The summed E-state index contributed by atoms with van der Waals surface area (Å²) in [5, 5.41) is 0. The summed E-state index contributed by atoms with van der Waals surface area (Å²) in [6, 6.07) is 8.17. The summed E-state index contributed by atoms with van der Waals surface area (Å²) in [6.45, 7) is 12.2. The third-order valence-corrected chi connectivity index (χ3v) is 6.16. The van der Waals surface area contributed by atoms with E-state index in [-0.39, 0.29) is 9.49 Å². The number of hydrogen-bond acceptors (Lipinski definition) is 3. The Labute approximate surface area is 147 Å². The van der Waals surface area contributed by atoms with Crippen LogP contribution in [-0.2, 0) is 16.7 Å². The Morgan fingerprint density at radius 3 is 2.22 bits per heavy atom. The van der Waals surface area contributed by atoms with E-state index in [0.29, 0.717) is 0 Å². The minimum Gasteiger partial charge on any atom is -0.497 e. The van der Waals surface area contributed by atoms with Crippen LogP contribution in [0.15, 0.2) is 28.7 Å². The summed E-state index contributed by atoms with van der Waals surface area (Å²) in [6.07, 6.45) is 0.829. The lowest BCUT2D eigenvalue weighted by Gasteiger charge is -2.24. The molecule has 1 unspecified atom stereocenters. The third kappa shape index (κ3) is 7.53. The minimum atomic E-state index is -1.18. The van der Waals surface area contributed by atoms with Gasteiger partial charge in [0, 0.05) is 22.6 Å². The van der Waals surface area contributed by atoms with E-state index in [1.165, 1.54) is 5.56 Å². The zero-order chi connectivity index (χ0) is 17.7. The van der Waals surface area contributed by atoms with Crippen molar-refractivity contribution in [3.05, 3.63) is 29.8 Å². The minimum absolute atomic E-state index is 0.0512. The second-order valence-corrected chi connectivity index (χ2v) is 10.8. The van der Waals surface area contributed by atoms with E-state index < -0.39 is 11.0 Å². The molecule has 0 aromatic heterocycles. The van der Waals surface area contributed by atoms with Gasteiger partial charge < -0.3 is 4.74 Å². The molecule has 0 saturated carbocycles. The van der Waals surface area contributed by atoms with Crippen LogP contribution in [0, 0.1) is 0 Å². The van der Waals surface area contributed by atoms with Crippen LogP contribution in [0.1, 0.15) is 53.5 Å². The maximum atomic E-state index is 12.1. The molecule has 0 heterocycles. The molecular weight excluding hydrogens is 326 g/mol. The Bertz CT molecular complexity index is 557. The number of methoxy groups -OCH3 is 1. The highest BCUT2D eigenvalue weighted by atomic mass is 32.2. The van der Waals surface area contributed by atoms with Crippen molar-refractivity contribution in [1.29, 1.82) is 0 Å². The fraction of sp³-hybridized carbons (Fsp3) is 0.611. The standard InChI is InChI=1S/C18H29NO2S2/c1-14(19-23(20)17(2,3)4)12-18(5,6)22-13-15-8-10-16(21-7)11-9-15/h8-11H,12-13H2,1-7H3. The first kappa shape index (κ1) is 20.2. The Kier molecular flexibility index (Phi) is 7.33. The van der Waals surface area contributed by atoms with Crippen molar-refractivity contribution in [2.75, 3.05) is 7.11 Å². The first-order chi connectivity index (χ1) is 10.5. The molecule has 23 heavy (non-hydrogen) atoms. The molecule has 0 bridgehead atoms. The molecule has 0 N–H and O–H groups in total. The molecule has 0 aliphatic carbocycles. The highest BCUT2D eigenvalue weighted by Crippen LogP contribution is 2.32. The first-order valence-corrected chi connectivity index (χ1v) is 9.86. The van der Waals surface area contributed by atoms with Crippen molar-refractivity contribution in [1.82, 2.24) is 0 Å². The fourth-order valence-electron chi connectivity index (χ4n) is 1.98. The highest BCUT2D eigenvalue weighted by molar-refractivity contribution is 7.99. The molecule has 1 rings (SSSR count). The van der Waals surface area contributed by atoms with Gasteiger partial charge in [0.15, 0.2) is 0 Å². The second-order valence-electron chi connectivity index (χ2n) is 7.26. The van der Waals surface area contributed by atoms with Crippen LogP contribution >= 0.6 is 11.8 Å². The monoisotopic (exact) mass is 355 g/mol. The van der Waals surface area contributed by atoms with Crippen LogP contribution in [-0.4, -0.2) is 26.5 Å². The summed E-state index contributed by atoms with van der Waals surface area (Å²) in [4.78, 5) is 0. The topological polar surface area (TPSA) is 38.7 Å². The first-order valence-electron chi connectivity index (χ1n) is 7.76. The van der Waals surface area contributed by atoms with E-state index in [9.17, 15) is 4.21 Å². The van der Waals surface area contributed by atoms with E-state index >= 15 is 0 Å².